The van der Waals surface area contributed by atoms with Gasteiger partial charge in [0.15, 0.2) is 0 Å². The Morgan fingerprint density at radius 1 is 1.31 bits per heavy atom. The summed E-state index contributed by atoms with van der Waals surface area (Å²) < 4.78 is 5.36. The van der Waals surface area contributed by atoms with Crippen LogP contribution in [0.2, 0.25) is 0 Å². The fourth-order valence-electron chi connectivity index (χ4n) is 2.00. The number of hydrogen-bond acceptors (Lipinski definition) is 3. The molecular formula is C13H20O2S. The second kappa shape index (κ2) is 5.60. The molecule has 16 heavy (non-hydrogen) atoms. The molecule has 0 aliphatic carbocycles. The van der Waals surface area contributed by atoms with Gasteiger partial charge < -0.3 is 9.84 Å². The van der Waals surface area contributed by atoms with Crippen molar-refractivity contribution in [3.05, 3.63) is 28.3 Å². The summed E-state index contributed by atoms with van der Waals surface area (Å²) in [4.78, 5) is 0. The van der Waals surface area contributed by atoms with Crippen molar-refractivity contribution in [3.63, 3.8) is 0 Å². The van der Waals surface area contributed by atoms with E-state index in [-0.39, 0.29) is 0 Å². The zero-order chi connectivity index (χ0) is 12.3. The van der Waals surface area contributed by atoms with Crippen molar-refractivity contribution in [2.45, 2.75) is 26.9 Å². The number of rotatable bonds is 4. The lowest BCUT2D eigenvalue weighted by Gasteiger charge is -2.18. The van der Waals surface area contributed by atoms with E-state index < -0.39 is 6.10 Å². The zero-order valence-electron chi connectivity index (χ0n) is 10.6. The van der Waals surface area contributed by atoms with Gasteiger partial charge in [0.05, 0.1) is 13.2 Å². The standard InChI is InChI=1S/C13H20O2S/c1-8-6-11(12(14)7-16-5)9(2)10(3)13(8)15-4/h6,12,14H,7H2,1-5H3. The quantitative estimate of drug-likeness (QED) is 0.877. The number of aliphatic hydroxyl groups excluding tert-OH is 1. The van der Waals surface area contributed by atoms with E-state index in [0.29, 0.717) is 0 Å². The smallest absolute Gasteiger partial charge is 0.124 e. The minimum absolute atomic E-state index is 0.390. The Bertz CT molecular complexity index is 375. The normalized spacial score (nSPS) is 12.6. The second-order valence-electron chi connectivity index (χ2n) is 4.04. The van der Waals surface area contributed by atoms with Crippen molar-refractivity contribution in [2.75, 3.05) is 19.1 Å². The fourth-order valence-corrected chi connectivity index (χ4v) is 2.49. The molecule has 2 nitrogen and oxygen atoms in total. The molecule has 90 valence electrons. The Morgan fingerprint density at radius 2 is 1.94 bits per heavy atom. The van der Waals surface area contributed by atoms with Gasteiger partial charge in [-0.3, -0.25) is 0 Å². The van der Waals surface area contributed by atoms with Crippen LogP contribution in [-0.2, 0) is 0 Å². The van der Waals surface area contributed by atoms with Crippen LogP contribution in [0, 0.1) is 20.8 Å². The predicted molar refractivity (Wildman–Crippen MR) is 70.5 cm³/mol. The summed E-state index contributed by atoms with van der Waals surface area (Å²) in [5.74, 6) is 1.66. The van der Waals surface area contributed by atoms with Gasteiger partial charge >= 0.3 is 0 Å². The van der Waals surface area contributed by atoms with Crippen LogP contribution in [-0.4, -0.2) is 24.2 Å². The molecule has 0 bridgehead atoms. The van der Waals surface area contributed by atoms with Crippen LogP contribution in [0.1, 0.15) is 28.4 Å². The van der Waals surface area contributed by atoms with Gasteiger partial charge in [0.2, 0.25) is 0 Å². The fraction of sp³-hybridized carbons (Fsp3) is 0.538. The van der Waals surface area contributed by atoms with E-state index in [9.17, 15) is 5.11 Å². The molecule has 0 aliphatic rings. The highest BCUT2D eigenvalue weighted by molar-refractivity contribution is 7.98. The Labute approximate surface area is 102 Å². The van der Waals surface area contributed by atoms with Gasteiger partial charge in [-0.1, -0.05) is 0 Å². The van der Waals surface area contributed by atoms with Crippen LogP contribution in [0.4, 0.5) is 0 Å². The van der Waals surface area contributed by atoms with Crippen LogP contribution in [0.3, 0.4) is 0 Å². The van der Waals surface area contributed by atoms with Gasteiger partial charge in [-0.2, -0.15) is 11.8 Å². The highest BCUT2D eigenvalue weighted by atomic mass is 32.2. The Hall–Kier alpha value is -0.670. The molecule has 0 amide bonds. The zero-order valence-corrected chi connectivity index (χ0v) is 11.4. The van der Waals surface area contributed by atoms with Crippen molar-refractivity contribution in [2.24, 2.45) is 0 Å². The predicted octanol–water partition coefficient (Wildman–Crippen LogP) is 3.02. The summed E-state index contributed by atoms with van der Waals surface area (Å²) in [6.07, 6.45) is 1.61. The van der Waals surface area contributed by atoms with Crippen molar-refractivity contribution in [3.8, 4) is 5.75 Å². The van der Waals surface area contributed by atoms with E-state index in [2.05, 4.69) is 0 Å². The molecule has 0 saturated carbocycles. The lowest BCUT2D eigenvalue weighted by Crippen LogP contribution is -2.06. The van der Waals surface area contributed by atoms with Gasteiger partial charge in [0.1, 0.15) is 5.75 Å². The maximum atomic E-state index is 10.1. The minimum Gasteiger partial charge on any atom is -0.496 e. The van der Waals surface area contributed by atoms with E-state index in [1.807, 2.05) is 33.1 Å². The first-order valence-corrected chi connectivity index (χ1v) is 6.74. The summed E-state index contributed by atoms with van der Waals surface area (Å²) in [5.41, 5.74) is 4.35. The molecule has 0 fully saturated rings. The Morgan fingerprint density at radius 3 is 2.44 bits per heavy atom. The average Bonchev–Trinajstić information content (AvgIpc) is 2.24. The Kier molecular flexibility index (Phi) is 4.69. The number of methoxy groups -OCH3 is 1. The number of thioether (sulfide) groups is 1. The van der Waals surface area contributed by atoms with Crippen LogP contribution in [0.25, 0.3) is 0 Å². The SMILES string of the molecule is COc1c(C)cc(C(O)CSC)c(C)c1C. The Balaban J connectivity index is 3.22. The molecule has 1 atom stereocenters. The number of hydrogen-bond donors (Lipinski definition) is 1. The third kappa shape index (κ3) is 2.53. The molecule has 1 aromatic rings. The highest BCUT2D eigenvalue weighted by Gasteiger charge is 2.15. The van der Waals surface area contributed by atoms with E-state index in [1.165, 1.54) is 0 Å². The minimum atomic E-state index is -0.390. The molecule has 0 spiro atoms. The van der Waals surface area contributed by atoms with E-state index >= 15 is 0 Å². The molecule has 0 heterocycles. The van der Waals surface area contributed by atoms with Gasteiger partial charge in [0, 0.05) is 5.75 Å². The van der Waals surface area contributed by atoms with Gasteiger partial charge in [-0.05, 0) is 55.3 Å². The molecule has 0 saturated heterocycles. The number of ether oxygens (including phenoxy) is 1. The van der Waals surface area contributed by atoms with Crippen LogP contribution >= 0.6 is 11.8 Å². The maximum absolute atomic E-state index is 10.1. The summed E-state index contributed by atoms with van der Waals surface area (Å²) >= 11 is 1.65. The molecule has 0 radical (unpaired) electrons. The average molecular weight is 240 g/mol. The van der Waals surface area contributed by atoms with Crippen molar-refractivity contribution in [1.82, 2.24) is 0 Å². The maximum Gasteiger partial charge on any atom is 0.124 e. The second-order valence-corrected chi connectivity index (χ2v) is 4.95. The van der Waals surface area contributed by atoms with Crippen molar-refractivity contribution in [1.29, 1.82) is 0 Å². The van der Waals surface area contributed by atoms with E-state index in [1.54, 1.807) is 18.9 Å². The molecule has 1 aromatic carbocycles. The highest BCUT2D eigenvalue weighted by Crippen LogP contribution is 2.32. The molecule has 1 unspecified atom stereocenters. The lowest BCUT2D eigenvalue weighted by molar-refractivity contribution is 0.203. The van der Waals surface area contributed by atoms with Crippen LogP contribution < -0.4 is 4.74 Å². The topological polar surface area (TPSA) is 29.5 Å². The molecule has 0 aromatic heterocycles. The summed E-state index contributed by atoms with van der Waals surface area (Å²) in [6.45, 7) is 6.09. The van der Waals surface area contributed by atoms with Crippen LogP contribution in [0.5, 0.6) is 5.75 Å². The lowest BCUT2D eigenvalue weighted by atomic mass is 9.96. The summed E-state index contributed by atoms with van der Waals surface area (Å²) in [6, 6.07) is 2.03. The van der Waals surface area contributed by atoms with Crippen LogP contribution in [0.15, 0.2) is 6.07 Å². The molecule has 3 heteroatoms. The monoisotopic (exact) mass is 240 g/mol. The van der Waals surface area contributed by atoms with Gasteiger partial charge in [0.25, 0.3) is 0 Å². The first-order valence-electron chi connectivity index (χ1n) is 5.34. The largest absolute Gasteiger partial charge is 0.496 e. The summed E-state index contributed by atoms with van der Waals surface area (Å²) in [7, 11) is 1.69. The first kappa shape index (κ1) is 13.4. The third-order valence-electron chi connectivity index (χ3n) is 2.95. The van der Waals surface area contributed by atoms with Crippen molar-refractivity contribution < 1.29 is 9.84 Å². The van der Waals surface area contributed by atoms with Crippen molar-refractivity contribution >= 4 is 11.8 Å². The molecule has 1 rings (SSSR count). The molecule has 1 N–H and O–H groups in total. The first-order chi connectivity index (χ1) is 7.52. The summed E-state index contributed by atoms with van der Waals surface area (Å²) in [5, 5.41) is 10.1. The van der Waals surface area contributed by atoms with E-state index in [4.69, 9.17) is 4.74 Å². The van der Waals surface area contributed by atoms with E-state index in [0.717, 1.165) is 33.8 Å². The third-order valence-corrected chi connectivity index (χ3v) is 3.60. The number of aliphatic hydroxyl groups is 1. The molecular weight excluding hydrogens is 220 g/mol. The number of aryl methyl sites for hydroxylation is 1. The van der Waals surface area contributed by atoms with Gasteiger partial charge in [-0.15, -0.1) is 0 Å². The van der Waals surface area contributed by atoms with Gasteiger partial charge in [-0.25, -0.2) is 0 Å². The number of benzene rings is 1. The molecule has 0 aliphatic heterocycles.